The average molecular weight is 419 g/mol. The van der Waals surface area contributed by atoms with Crippen LogP contribution < -0.4 is 5.63 Å². The van der Waals surface area contributed by atoms with Crippen molar-refractivity contribution < 1.29 is 13.6 Å². The van der Waals surface area contributed by atoms with Crippen LogP contribution in [0.4, 0.5) is 5.69 Å². The molecular formula is C25H25NO5. The highest BCUT2D eigenvalue weighted by Gasteiger charge is 2.39. The molecule has 0 N–H and O–H groups in total. The smallest absolute Gasteiger partial charge is 0.342 e. The van der Waals surface area contributed by atoms with E-state index in [0.29, 0.717) is 23.7 Å². The topological polar surface area (TPSA) is 89.9 Å². The van der Waals surface area contributed by atoms with Crippen LogP contribution in [0.15, 0.2) is 67.3 Å². The molecule has 1 saturated carbocycles. The minimum absolute atomic E-state index is 0.0353. The number of benzene rings is 1. The molecule has 2 unspecified atom stereocenters. The number of rotatable bonds is 10. The molecule has 6 nitrogen and oxygen atoms in total. The first kappa shape index (κ1) is 21.0. The number of carbonyl (C=O) groups is 1. The quantitative estimate of drug-likeness (QED) is 0.313. The Morgan fingerprint density at radius 2 is 1.87 bits per heavy atom. The summed E-state index contributed by atoms with van der Waals surface area (Å²) in [6.45, 7) is 2.03. The molecule has 0 aliphatic heterocycles. The lowest BCUT2D eigenvalue weighted by atomic mass is 9.90. The molecule has 0 bridgehead atoms. The molecule has 4 rings (SSSR count). The predicted molar refractivity (Wildman–Crippen MR) is 117 cm³/mol. The Kier molecular flexibility index (Phi) is 6.26. The Labute approximate surface area is 180 Å². The van der Waals surface area contributed by atoms with Gasteiger partial charge in [0, 0.05) is 12.0 Å². The molecule has 2 atom stereocenters. The lowest BCUT2D eigenvalue weighted by molar-refractivity contribution is -0.107. The van der Waals surface area contributed by atoms with Crippen molar-refractivity contribution in [1.82, 2.24) is 0 Å². The molecule has 1 aromatic carbocycles. The van der Waals surface area contributed by atoms with Gasteiger partial charge in [-0.2, -0.15) is 0 Å². The maximum atomic E-state index is 13.1. The zero-order valence-electron chi connectivity index (χ0n) is 17.5. The second kappa shape index (κ2) is 9.25. The van der Waals surface area contributed by atoms with Gasteiger partial charge in [-0.1, -0.05) is 37.3 Å². The van der Waals surface area contributed by atoms with E-state index in [4.69, 9.17) is 8.83 Å². The zero-order chi connectivity index (χ0) is 21.8. The summed E-state index contributed by atoms with van der Waals surface area (Å²) in [5.41, 5.74) is 0.963. The molecule has 6 heteroatoms. The van der Waals surface area contributed by atoms with Crippen molar-refractivity contribution in [3.05, 3.63) is 92.3 Å². The summed E-state index contributed by atoms with van der Waals surface area (Å²) in [6, 6.07) is 15.1. The molecule has 1 fully saturated rings. The van der Waals surface area contributed by atoms with Gasteiger partial charge < -0.3 is 13.6 Å². The van der Waals surface area contributed by atoms with Gasteiger partial charge in [-0.25, -0.2) is 4.79 Å². The lowest BCUT2D eigenvalue weighted by Crippen LogP contribution is -2.17. The average Bonchev–Trinajstić information content (AvgIpc) is 3.52. The molecule has 0 spiro atoms. The third-order valence-electron chi connectivity index (χ3n) is 5.98. The first-order chi connectivity index (χ1) is 15.1. The van der Waals surface area contributed by atoms with Crippen LogP contribution in [0, 0.1) is 10.8 Å². The molecule has 31 heavy (non-hydrogen) atoms. The van der Waals surface area contributed by atoms with E-state index in [0.717, 1.165) is 31.1 Å². The van der Waals surface area contributed by atoms with E-state index < -0.39 is 11.5 Å². The van der Waals surface area contributed by atoms with Gasteiger partial charge in [0.15, 0.2) is 0 Å². The van der Waals surface area contributed by atoms with Gasteiger partial charge in [-0.05, 0) is 54.5 Å². The van der Waals surface area contributed by atoms with Gasteiger partial charge in [-0.3, -0.25) is 0 Å². The summed E-state index contributed by atoms with van der Waals surface area (Å²) in [4.78, 5) is 35.7. The van der Waals surface area contributed by atoms with E-state index >= 15 is 0 Å². The number of hydrogen-bond donors (Lipinski definition) is 0. The highest BCUT2D eigenvalue weighted by molar-refractivity contribution is 5.54. The van der Waals surface area contributed by atoms with Crippen LogP contribution in [0.5, 0.6) is 0 Å². The van der Waals surface area contributed by atoms with Gasteiger partial charge in [0.1, 0.15) is 29.3 Å². The van der Waals surface area contributed by atoms with E-state index in [-0.39, 0.29) is 29.5 Å². The highest BCUT2D eigenvalue weighted by Crippen LogP contribution is 2.48. The van der Waals surface area contributed by atoms with Crippen molar-refractivity contribution in [1.29, 1.82) is 0 Å². The summed E-state index contributed by atoms with van der Waals surface area (Å²) < 4.78 is 11.6. The Balaban J connectivity index is 1.71. The Hall–Kier alpha value is -3.28. The minimum Gasteiger partial charge on any atom is -0.465 e. The summed E-state index contributed by atoms with van der Waals surface area (Å²) in [7, 11) is 0. The van der Waals surface area contributed by atoms with Crippen molar-refractivity contribution in [2.24, 2.45) is 11.1 Å². The largest absolute Gasteiger partial charge is 0.465 e. The van der Waals surface area contributed by atoms with Crippen molar-refractivity contribution in [2.75, 3.05) is 0 Å². The third-order valence-corrected chi connectivity index (χ3v) is 5.98. The summed E-state index contributed by atoms with van der Waals surface area (Å²) in [5.74, 6) is 1.34. The van der Waals surface area contributed by atoms with E-state index in [1.807, 2.05) is 37.3 Å². The van der Waals surface area contributed by atoms with Gasteiger partial charge >= 0.3 is 5.63 Å². The van der Waals surface area contributed by atoms with Gasteiger partial charge in [0.25, 0.3) is 0 Å². The highest BCUT2D eigenvalue weighted by atomic mass is 16.4. The zero-order valence-corrected chi connectivity index (χ0v) is 17.5. The fourth-order valence-corrected chi connectivity index (χ4v) is 4.21. The van der Waals surface area contributed by atoms with Crippen LogP contribution in [0.25, 0.3) is 0 Å². The van der Waals surface area contributed by atoms with E-state index in [1.165, 1.54) is 0 Å². The molecule has 160 valence electrons. The first-order valence-corrected chi connectivity index (χ1v) is 10.7. The number of nitroso groups, excluding NO2 is 1. The molecule has 2 heterocycles. The molecule has 0 saturated heterocycles. The third kappa shape index (κ3) is 4.58. The SMILES string of the molecule is CCC(Cc1ccccc1)c1cc(N=O)c(C(c2ccc(CC=O)o2)C2CC2)c(=O)o1. The van der Waals surface area contributed by atoms with Crippen molar-refractivity contribution >= 4 is 12.0 Å². The minimum atomic E-state index is -0.538. The molecule has 0 amide bonds. The molecular weight excluding hydrogens is 394 g/mol. The molecule has 1 aliphatic carbocycles. The summed E-state index contributed by atoms with van der Waals surface area (Å²) in [5, 5.41) is 3.21. The van der Waals surface area contributed by atoms with Crippen LogP contribution in [0.2, 0.25) is 0 Å². The van der Waals surface area contributed by atoms with Crippen LogP contribution in [-0.2, 0) is 17.6 Å². The summed E-state index contributed by atoms with van der Waals surface area (Å²) >= 11 is 0. The number of furan rings is 1. The Morgan fingerprint density at radius 3 is 2.52 bits per heavy atom. The lowest BCUT2D eigenvalue weighted by Gasteiger charge is -2.18. The fourth-order valence-electron chi connectivity index (χ4n) is 4.21. The maximum Gasteiger partial charge on any atom is 0.342 e. The van der Waals surface area contributed by atoms with E-state index in [2.05, 4.69) is 5.18 Å². The summed E-state index contributed by atoms with van der Waals surface area (Å²) in [6.07, 6.45) is 4.26. The first-order valence-electron chi connectivity index (χ1n) is 10.7. The van der Waals surface area contributed by atoms with Gasteiger partial charge in [0.05, 0.1) is 17.9 Å². The van der Waals surface area contributed by atoms with Crippen LogP contribution in [0.1, 0.15) is 66.4 Å². The second-order valence-corrected chi connectivity index (χ2v) is 8.11. The Bertz CT molecular complexity index is 1110. The normalized spacial score (nSPS) is 15.4. The number of hydrogen-bond acceptors (Lipinski definition) is 6. The molecule has 3 aromatic rings. The number of nitrogens with zero attached hydrogens (tertiary/aromatic N) is 1. The predicted octanol–water partition coefficient (Wildman–Crippen LogP) is 5.65. The fraction of sp³-hybridized carbons (Fsp3) is 0.360. The monoisotopic (exact) mass is 419 g/mol. The van der Waals surface area contributed by atoms with Gasteiger partial charge in [-0.15, -0.1) is 4.91 Å². The number of carbonyl (C=O) groups excluding carboxylic acids is 1. The van der Waals surface area contributed by atoms with Gasteiger partial charge in [0.2, 0.25) is 0 Å². The molecule has 2 aromatic heterocycles. The van der Waals surface area contributed by atoms with E-state index in [9.17, 15) is 14.5 Å². The van der Waals surface area contributed by atoms with Crippen LogP contribution in [-0.4, -0.2) is 6.29 Å². The maximum absolute atomic E-state index is 13.1. The second-order valence-electron chi connectivity index (χ2n) is 8.11. The standard InChI is InChI=1S/C25H25NO5/c1-2-17(14-16-6-4-3-5-7-16)22-15-20(26-29)24(25(28)31-22)23(18-8-9-18)21-11-10-19(30-21)12-13-27/h3-7,10-11,13,15,17-18,23H,2,8-9,12,14H2,1H3. The van der Waals surface area contributed by atoms with Crippen LogP contribution in [0.3, 0.4) is 0 Å². The van der Waals surface area contributed by atoms with E-state index in [1.54, 1.807) is 18.2 Å². The molecule has 1 aliphatic rings. The molecule has 0 radical (unpaired) electrons. The van der Waals surface area contributed by atoms with Crippen molar-refractivity contribution in [3.63, 3.8) is 0 Å². The van der Waals surface area contributed by atoms with Crippen LogP contribution >= 0.6 is 0 Å². The Morgan fingerprint density at radius 1 is 1.10 bits per heavy atom. The van der Waals surface area contributed by atoms with Crippen molar-refractivity contribution in [2.45, 2.75) is 50.9 Å². The van der Waals surface area contributed by atoms with Crippen molar-refractivity contribution in [3.8, 4) is 0 Å². The number of aldehydes is 1.